The molecule has 2 atom stereocenters. The van der Waals surface area contributed by atoms with E-state index in [-0.39, 0.29) is 24.4 Å². The third-order valence-corrected chi connectivity index (χ3v) is 8.06. The molecule has 1 amide bonds. The Hall–Kier alpha value is -3.91. The van der Waals surface area contributed by atoms with Crippen LogP contribution in [0.2, 0.25) is 10.0 Å². The lowest BCUT2D eigenvalue weighted by atomic mass is 10.0. The molecule has 0 spiro atoms. The molecule has 3 aromatic carbocycles. The summed E-state index contributed by atoms with van der Waals surface area (Å²) in [5.41, 5.74) is 2.42. The maximum absolute atomic E-state index is 13.1. The van der Waals surface area contributed by atoms with Gasteiger partial charge in [0.15, 0.2) is 5.11 Å². The van der Waals surface area contributed by atoms with Crippen molar-refractivity contribution in [1.29, 1.82) is 0 Å². The van der Waals surface area contributed by atoms with E-state index in [1.807, 2.05) is 83.8 Å². The van der Waals surface area contributed by atoms with Crippen molar-refractivity contribution < 1.29 is 9.21 Å². The number of hydrogen-bond donors (Lipinski definition) is 2. The van der Waals surface area contributed by atoms with Crippen molar-refractivity contribution >= 4 is 62.9 Å². The number of nitrogens with one attached hydrogen (secondary N) is 2. The fraction of sp³-hybridized carbons (Fsp3) is 0.129. The monoisotopic (exact) mass is 586 g/mol. The Morgan fingerprint density at radius 1 is 0.975 bits per heavy atom. The van der Waals surface area contributed by atoms with Crippen LogP contribution in [0, 0.1) is 0 Å². The van der Waals surface area contributed by atoms with Gasteiger partial charge in [-0.1, -0.05) is 65.7 Å². The first-order valence-corrected chi connectivity index (χ1v) is 14.0. The third-order valence-electron chi connectivity index (χ3n) is 6.96. The largest absolute Gasteiger partial charge is 0.459 e. The fourth-order valence-corrected chi connectivity index (χ4v) is 5.67. The van der Waals surface area contributed by atoms with Crippen LogP contribution in [0.1, 0.15) is 30.0 Å². The minimum Gasteiger partial charge on any atom is -0.459 e. The molecule has 200 valence electrons. The highest BCUT2D eigenvalue weighted by atomic mass is 35.5. The summed E-state index contributed by atoms with van der Waals surface area (Å²) in [7, 11) is 0. The zero-order valence-corrected chi connectivity index (χ0v) is 23.5. The van der Waals surface area contributed by atoms with E-state index in [1.54, 1.807) is 18.3 Å². The number of thiocarbonyl (C=S) groups is 1. The van der Waals surface area contributed by atoms with Gasteiger partial charge in [0.05, 0.1) is 21.8 Å². The van der Waals surface area contributed by atoms with E-state index in [1.165, 1.54) is 0 Å². The number of benzene rings is 3. The molecule has 1 aliphatic rings. The summed E-state index contributed by atoms with van der Waals surface area (Å²) in [4.78, 5) is 19.7. The van der Waals surface area contributed by atoms with Crippen molar-refractivity contribution in [2.75, 3.05) is 11.9 Å². The lowest BCUT2D eigenvalue weighted by Gasteiger charge is -2.26. The first kappa shape index (κ1) is 26.3. The first-order chi connectivity index (χ1) is 19.5. The van der Waals surface area contributed by atoms with Crippen molar-refractivity contribution in [3.05, 3.63) is 119 Å². The molecule has 3 heterocycles. The maximum atomic E-state index is 13.1. The average molecular weight is 588 g/mol. The lowest BCUT2D eigenvalue weighted by Crippen LogP contribution is -2.32. The van der Waals surface area contributed by atoms with Crippen LogP contribution in [-0.2, 0) is 4.79 Å². The number of hydrogen-bond acceptors (Lipinski definition) is 4. The highest BCUT2D eigenvalue weighted by Crippen LogP contribution is 2.41. The third kappa shape index (κ3) is 5.28. The average Bonchev–Trinajstić information content (AvgIpc) is 3.58. The number of furan rings is 1. The molecule has 5 aromatic rings. The van der Waals surface area contributed by atoms with Crippen molar-refractivity contribution in [3.8, 4) is 11.3 Å². The molecule has 0 saturated carbocycles. The summed E-state index contributed by atoms with van der Waals surface area (Å²) in [6.07, 6.45) is 1.98. The van der Waals surface area contributed by atoms with Crippen LogP contribution in [0.15, 0.2) is 102 Å². The zero-order chi connectivity index (χ0) is 27.6. The van der Waals surface area contributed by atoms with Gasteiger partial charge in [-0.3, -0.25) is 9.78 Å². The van der Waals surface area contributed by atoms with Gasteiger partial charge in [0, 0.05) is 35.8 Å². The minimum absolute atomic E-state index is 0.102. The summed E-state index contributed by atoms with van der Waals surface area (Å²) in [6, 6.07) is 28.2. The molecule has 9 heteroatoms. The first-order valence-electron chi connectivity index (χ1n) is 12.8. The predicted molar refractivity (Wildman–Crippen MR) is 164 cm³/mol. The molecular weight excluding hydrogens is 563 g/mol. The number of carbonyl (C=O) groups is 1. The van der Waals surface area contributed by atoms with Gasteiger partial charge in [-0.2, -0.15) is 0 Å². The standard InChI is InChI=1S/C31H24Cl2N4O2S/c32-22-12-11-20(18-23(22)33)26-13-14-27(39-26)30-29(25-9-3-4-16-34-25)36-31(40)37(30)17-15-28(38)35-24-10-5-7-19-6-1-2-8-21(19)24/h1-14,16,18,29-30H,15,17H2,(H,35,38)(H,36,40). The summed E-state index contributed by atoms with van der Waals surface area (Å²) in [5.74, 6) is 1.24. The molecule has 1 saturated heterocycles. The second-order valence-corrected chi connectivity index (χ2v) is 10.7. The van der Waals surface area contributed by atoms with E-state index in [9.17, 15) is 4.79 Å². The molecule has 0 radical (unpaired) electrons. The normalized spacial score (nSPS) is 16.8. The van der Waals surface area contributed by atoms with Crippen LogP contribution in [0.4, 0.5) is 5.69 Å². The van der Waals surface area contributed by atoms with Gasteiger partial charge >= 0.3 is 0 Å². The smallest absolute Gasteiger partial charge is 0.226 e. The van der Waals surface area contributed by atoms with Crippen molar-refractivity contribution in [1.82, 2.24) is 15.2 Å². The van der Waals surface area contributed by atoms with E-state index in [4.69, 9.17) is 39.8 Å². The number of anilines is 1. The quantitative estimate of drug-likeness (QED) is 0.189. The predicted octanol–water partition coefficient (Wildman–Crippen LogP) is 7.80. The molecule has 1 aliphatic heterocycles. The van der Waals surface area contributed by atoms with Crippen LogP contribution >= 0.6 is 35.4 Å². The number of halogens is 2. The molecule has 0 aliphatic carbocycles. The molecule has 6 nitrogen and oxygen atoms in total. The SMILES string of the molecule is O=C(CCN1C(=S)NC(c2ccccn2)C1c1ccc(-c2ccc(Cl)c(Cl)c2)o1)Nc1cccc2ccccc12. The fourth-order valence-electron chi connectivity index (χ4n) is 5.04. The van der Waals surface area contributed by atoms with E-state index in [2.05, 4.69) is 15.6 Å². The molecule has 2 unspecified atom stereocenters. The molecular formula is C31H24Cl2N4O2S. The van der Waals surface area contributed by atoms with E-state index >= 15 is 0 Å². The number of fused-ring (bicyclic) bond motifs is 1. The summed E-state index contributed by atoms with van der Waals surface area (Å²) in [6.45, 7) is 0.388. The van der Waals surface area contributed by atoms with Gasteiger partial charge in [-0.25, -0.2) is 0 Å². The maximum Gasteiger partial charge on any atom is 0.226 e. The second-order valence-electron chi connectivity index (χ2n) is 9.48. The van der Waals surface area contributed by atoms with Crippen LogP contribution in [0.3, 0.4) is 0 Å². The minimum atomic E-state index is -0.315. The van der Waals surface area contributed by atoms with Crippen LogP contribution in [0.25, 0.3) is 22.1 Å². The number of amides is 1. The molecule has 6 rings (SSSR count). The Kier molecular flexibility index (Phi) is 7.43. The van der Waals surface area contributed by atoms with Crippen molar-refractivity contribution in [3.63, 3.8) is 0 Å². The Morgan fingerprint density at radius 2 is 1.80 bits per heavy atom. The summed E-state index contributed by atoms with van der Waals surface area (Å²) < 4.78 is 6.36. The summed E-state index contributed by atoms with van der Waals surface area (Å²) in [5, 5.41) is 9.99. The van der Waals surface area contributed by atoms with E-state index in [0.717, 1.165) is 27.7 Å². The number of nitrogens with zero attached hydrogens (tertiary/aromatic N) is 2. The Morgan fingerprint density at radius 3 is 2.62 bits per heavy atom. The van der Waals surface area contributed by atoms with Crippen molar-refractivity contribution in [2.24, 2.45) is 0 Å². The number of carbonyl (C=O) groups excluding carboxylic acids is 1. The number of pyridine rings is 1. The Bertz CT molecular complexity index is 1700. The second kappa shape index (κ2) is 11.3. The molecule has 2 N–H and O–H groups in total. The molecule has 0 bridgehead atoms. The van der Waals surface area contributed by atoms with E-state index < -0.39 is 0 Å². The number of rotatable bonds is 7. The number of aromatic nitrogens is 1. The van der Waals surface area contributed by atoms with Gasteiger partial charge in [-0.05, 0) is 66.1 Å². The molecule has 1 fully saturated rings. The van der Waals surface area contributed by atoms with Gasteiger partial charge in [0.25, 0.3) is 0 Å². The lowest BCUT2D eigenvalue weighted by molar-refractivity contribution is -0.116. The zero-order valence-electron chi connectivity index (χ0n) is 21.2. The summed E-state index contributed by atoms with van der Waals surface area (Å²) >= 11 is 18.1. The highest BCUT2D eigenvalue weighted by molar-refractivity contribution is 7.80. The van der Waals surface area contributed by atoms with E-state index in [0.29, 0.717) is 33.2 Å². The Labute approximate surface area is 246 Å². The molecule has 2 aromatic heterocycles. The van der Waals surface area contributed by atoms with Gasteiger partial charge in [0.1, 0.15) is 17.6 Å². The van der Waals surface area contributed by atoms with Gasteiger partial charge in [-0.15, -0.1) is 0 Å². The van der Waals surface area contributed by atoms with Crippen LogP contribution in [-0.4, -0.2) is 27.4 Å². The van der Waals surface area contributed by atoms with Crippen molar-refractivity contribution in [2.45, 2.75) is 18.5 Å². The van der Waals surface area contributed by atoms with Gasteiger partial charge < -0.3 is 20.0 Å². The van der Waals surface area contributed by atoms with Crippen LogP contribution in [0.5, 0.6) is 0 Å². The highest BCUT2D eigenvalue weighted by Gasteiger charge is 2.41. The molecule has 40 heavy (non-hydrogen) atoms. The topological polar surface area (TPSA) is 70.4 Å². The van der Waals surface area contributed by atoms with Crippen LogP contribution < -0.4 is 10.6 Å². The van der Waals surface area contributed by atoms with Gasteiger partial charge in [0.2, 0.25) is 5.91 Å². The Balaban J connectivity index is 1.26.